The van der Waals surface area contributed by atoms with Crippen molar-refractivity contribution in [2.45, 2.75) is 13.8 Å². The van der Waals surface area contributed by atoms with Crippen LogP contribution >= 0.6 is 0 Å². The van der Waals surface area contributed by atoms with Gasteiger partial charge in [-0.3, -0.25) is 9.36 Å². The Kier molecular flexibility index (Phi) is 4.76. The highest BCUT2D eigenvalue weighted by molar-refractivity contribution is 6.13. The molecule has 1 heterocycles. The van der Waals surface area contributed by atoms with Crippen LogP contribution < -0.4 is 0 Å². The van der Waals surface area contributed by atoms with Gasteiger partial charge in [-0.2, -0.15) is 0 Å². The maximum absolute atomic E-state index is 13.1. The molecule has 1 aromatic heterocycles. The van der Waals surface area contributed by atoms with Gasteiger partial charge in [-0.15, -0.1) is 0 Å². The zero-order chi connectivity index (χ0) is 21.4. The molecule has 0 aliphatic heterocycles. The molecule has 0 radical (unpaired) electrons. The Labute approximate surface area is 182 Å². The van der Waals surface area contributed by atoms with Crippen molar-refractivity contribution < 1.29 is 4.79 Å². The first-order valence-corrected chi connectivity index (χ1v) is 10.5. The number of nitrogens with zero attached hydrogens (tertiary/aromatic N) is 1. The molecule has 5 aromatic rings. The number of rotatable bonds is 3. The van der Waals surface area contributed by atoms with Gasteiger partial charge in [0.2, 0.25) is 5.91 Å². The number of fused-ring (bicyclic) bond motifs is 1. The minimum Gasteiger partial charge on any atom is -0.279 e. The molecule has 31 heavy (non-hydrogen) atoms. The Morgan fingerprint density at radius 2 is 1.26 bits per heavy atom. The summed E-state index contributed by atoms with van der Waals surface area (Å²) in [6, 6.07) is 35.4. The van der Waals surface area contributed by atoms with Crippen LogP contribution in [-0.2, 0) is 0 Å². The van der Waals surface area contributed by atoms with Gasteiger partial charge in [0.1, 0.15) is 0 Å². The molecular formula is C29H23NO. The lowest BCUT2D eigenvalue weighted by atomic mass is 9.96. The second kappa shape index (κ2) is 7.73. The Morgan fingerprint density at radius 1 is 0.645 bits per heavy atom. The normalized spacial score (nSPS) is 11.0. The Balaban J connectivity index is 1.96. The molecule has 0 saturated carbocycles. The summed E-state index contributed by atoms with van der Waals surface area (Å²) in [7, 11) is 0. The monoisotopic (exact) mass is 401 g/mol. The lowest BCUT2D eigenvalue weighted by molar-refractivity contribution is 0.0943. The van der Waals surface area contributed by atoms with E-state index in [2.05, 4.69) is 73.7 Å². The maximum Gasteiger partial charge on any atom is 0.228 e. The number of carbonyl (C=O) groups is 1. The van der Waals surface area contributed by atoms with Crippen LogP contribution in [0.1, 0.15) is 17.3 Å². The fourth-order valence-electron chi connectivity index (χ4n) is 4.38. The van der Waals surface area contributed by atoms with Crippen LogP contribution in [0.3, 0.4) is 0 Å². The van der Waals surface area contributed by atoms with Gasteiger partial charge in [-0.25, -0.2) is 0 Å². The van der Waals surface area contributed by atoms with Gasteiger partial charge in [-0.1, -0.05) is 109 Å². The number of hydrogen-bond donors (Lipinski definition) is 0. The highest BCUT2D eigenvalue weighted by Crippen LogP contribution is 2.44. The van der Waals surface area contributed by atoms with Gasteiger partial charge in [0.25, 0.3) is 0 Å². The first-order valence-electron chi connectivity index (χ1n) is 10.5. The van der Waals surface area contributed by atoms with E-state index in [-0.39, 0.29) is 5.91 Å². The number of para-hydroxylation sites is 1. The molecule has 0 bridgehead atoms. The molecule has 0 saturated heterocycles. The van der Waals surface area contributed by atoms with Crippen LogP contribution in [0.15, 0.2) is 103 Å². The molecule has 2 heteroatoms. The molecule has 0 amide bonds. The summed E-state index contributed by atoms with van der Waals surface area (Å²) < 4.78 is 1.89. The standard InChI is InChI=1S/C29H23NO/c1-20-16-18-22(19-17-20)25-14-9-15-26-27(23-10-5-3-6-11-23)28(24-12-7-4-8-13-24)30(21(2)31)29(25)26/h3-19H,1-2H3. The summed E-state index contributed by atoms with van der Waals surface area (Å²) in [5, 5.41) is 1.08. The third kappa shape index (κ3) is 3.27. The number of carbonyl (C=O) groups excluding carboxylic acids is 1. The van der Waals surface area contributed by atoms with Crippen molar-refractivity contribution >= 4 is 16.8 Å². The molecule has 0 aliphatic carbocycles. The van der Waals surface area contributed by atoms with Gasteiger partial charge in [-0.05, 0) is 23.6 Å². The van der Waals surface area contributed by atoms with Crippen LogP contribution in [0.5, 0.6) is 0 Å². The van der Waals surface area contributed by atoms with Crippen molar-refractivity contribution in [2.24, 2.45) is 0 Å². The number of benzene rings is 4. The fourth-order valence-corrected chi connectivity index (χ4v) is 4.38. The molecule has 0 atom stereocenters. The molecular weight excluding hydrogens is 378 g/mol. The SMILES string of the molecule is CC(=O)n1c(-c2ccccc2)c(-c2ccccc2)c2cccc(-c3ccc(C)cc3)c21. The Bertz CT molecular complexity index is 1380. The van der Waals surface area contributed by atoms with E-state index < -0.39 is 0 Å². The van der Waals surface area contributed by atoms with Crippen LogP contribution in [0, 0.1) is 6.92 Å². The summed E-state index contributed by atoms with van der Waals surface area (Å²) in [5.41, 5.74) is 8.50. The molecule has 0 N–H and O–H groups in total. The van der Waals surface area contributed by atoms with Gasteiger partial charge in [0.05, 0.1) is 11.2 Å². The van der Waals surface area contributed by atoms with Gasteiger partial charge >= 0.3 is 0 Å². The number of hydrogen-bond acceptors (Lipinski definition) is 1. The van der Waals surface area contributed by atoms with Crippen molar-refractivity contribution in [3.05, 3.63) is 109 Å². The Hall–Kier alpha value is -3.91. The van der Waals surface area contributed by atoms with Gasteiger partial charge < -0.3 is 0 Å². The van der Waals surface area contributed by atoms with Gasteiger partial charge in [0, 0.05) is 23.4 Å². The zero-order valence-electron chi connectivity index (χ0n) is 17.7. The smallest absolute Gasteiger partial charge is 0.228 e. The minimum atomic E-state index is 0.00518. The van der Waals surface area contributed by atoms with E-state index in [1.807, 2.05) is 41.0 Å². The van der Waals surface area contributed by atoms with Crippen molar-refractivity contribution in [1.29, 1.82) is 0 Å². The van der Waals surface area contributed by atoms with Crippen LogP contribution in [0.4, 0.5) is 0 Å². The minimum absolute atomic E-state index is 0.00518. The van der Waals surface area contributed by atoms with E-state index in [9.17, 15) is 4.79 Å². The van der Waals surface area contributed by atoms with E-state index in [0.29, 0.717) is 0 Å². The van der Waals surface area contributed by atoms with Crippen LogP contribution in [0.2, 0.25) is 0 Å². The predicted molar refractivity (Wildman–Crippen MR) is 129 cm³/mol. The van der Waals surface area contributed by atoms with E-state index in [4.69, 9.17) is 0 Å². The zero-order valence-corrected chi connectivity index (χ0v) is 17.7. The van der Waals surface area contributed by atoms with E-state index in [1.165, 1.54) is 5.56 Å². The van der Waals surface area contributed by atoms with E-state index >= 15 is 0 Å². The quantitative estimate of drug-likeness (QED) is 0.305. The lowest BCUT2D eigenvalue weighted by Crippen LogP contribution is -2.08. The van der Waals surface area contributed by atoms with Crippen LogP contribution in [0.25, 0.3) is 44.4 Å². The van der Waals surface area contributed by atoms with Crippen molar-refractivity contribution in [3.8, 4) is 33.5 Å². The second-order valence-corrected chi connectivity index (χ2v) is 7.88. The molecule has 0 aliphatic rings. The second-order valence-electron chi connectivity index (χ2n) is 7.88. The molecule has 2 nitrogen and oxygen atoms in total. The molecule has 0 fully saturated rings. The van der Waals surface area contributed by atoms with Crippen LogP contribution in [-0.4, -0.2) is 10.5 Å². The average Bonchev–Trinajstić information content (AvgIpc) is 3.16. The predicted octanol–water partition coefficient (Wildman–Crippen LogP) is 7.61. The summed E-state index contributed by atoms with van der Waals surface area (Å²) in [4.78, 5) is 13.1. The van der Waals surface area contributed by atoms with Crippen molar-refractivity contribution in [3.63, 3.8) is 0 Å². The largest absolute Gasteiger partial charge is 0.279 e. The average molecular weight is 402 g/mol. The van der Waals surface area contributed by atoms with Crippen molar-refractivity contribution in [2.75, 3.05) is 0 Å². The molecule has 0 unspecified atom stereocenters. The number of aromatic nitrogens is 1. The summed E-state index contributed by atoms with van der Waals surface area (Å²) in [6.07, 6.45) is 0. The number of aryl methyl sites for hydroxylation is 1. The summed E-state index contributed by atoms with van der Waals surface area (Å²) in [5.74, 6) is 0.00518. The summed E-state index contributed by atoms with van der Waals surface area (Å²) in [6.45, 7) is 3.73. The first kappa shape index (κ1) is 19.1. The molecule has 5 rings (SSSR count). The molecule has 4 aromatic carbocycles. The third-order valence-electron chi connectivity index (χ3n) is 5.78. The lowest BCUT2D eigenvalue weighted by Gasteiger charge is -2.11. The maximum atomic E-state index is 13.1. The van der Waals surface area contributed by atoms with E-state index in [1.54, 1.807) is 6.92 Å². The van der Waals surface area contributed by atoms with Gasteiger partial charge in [0.15, 0.2) is 0 Å². The highest BCUT2D eigenvalue weighted by atomic mass is 16.1. The summed E-state index contributed by atoms with van der Waals surface area (Å²) >= 11 is 0. The molecule has 0 spiro atoms. The van der Waals surface area contributed by atoms with E-state index in [0.717, 1.165) is 44.4 Å². The fraction of sp³-hybridized carbons (Fsp3) is 0.0690. The third-order valence-corrected chi connectivity index (χ3v) is 5.78. The highest BCUT2D eigenvalue weighted by Gasteiger charge is 2.24. The Morgan fingerprint density at radius 3 is 1.87 bits per heavy atom. The molecule has 150 valence electrons. The van der Waals surface area contributed by atoms with Crippen molar-refractivity contribution in [1.82, 2.24) is 4.57 Å². The topological polar surface area (TPSA) is 22.0 Å². The first-order chi connectivity index (χ1) is 15.1.